The molecule has 1 atom stereocenters. The predicted molar refractivity (Wildman–Crippen MR) is 131 cm³/mol. The average Bonchev–Trinajstić information content (AvgIpc) is 3.28. The number of nitrogens with zero attached hydrogens (tertiary/aromatic N) is 4. The molecule has 2 aliphatic heterocycles. The lowest BCUT2D eigenvalue weighted by molar-refractivity contribution is -0.136. The Balaban J connectivity index is 1.22. The van der Waals surface area contributed by atoms with Crippen LogP contribution in [0.2, 0.25) is 0 Å². The molecule has 0 bridgehead atoms. The van der Waals surface area contributed by atoms with E-state index in [4.69, 9.17) is 9.72 Å². The van der Waals surface area contributed by atoms with Crippen LogP contribution in [0.4, 0.5) is 10.8 Å². The molecule has 32 heavy (non-hydrogen) atoms. The Labute approximate surface area is 193 Å². The molecule has 0 spiro atoms. The summed E-state index contributed by atoms with van der Waals surface area (Å²) < 4.78 is 6.77. The Hall–Kier alpha value is -2.80. The van der Waals surface area contributed by atoms with Crippen molar-refractivity contribution in [3.63, 3.8) is 0 Å². The Morgan fingerprint density at radius 2 is 1.88 bits per heavy atom. The van der Waals surface area contributed by atoms with Crippen molar-refractivity contribution in [1.29, 1.82) is 0 Å². The first-order chi connectivity index (χ1) is 15.7. The molecule has 0 aliphatic carbocycles. The van der Waals surface area contributed by atoms with Crippen LogP contribution in [0, 0.1) is 5.92 Å². The van der Waals surface area contributed by atoms with Gasteiger partial charge in [-0.2, -0.15) is 0 Å². The molecule has 1 unspecified atom stereocenters. The van der Waals surface area contributed by atoms with Crippen LogP contribution in [0.15, 0.2) is 48.5 Å². The monoisotopic (exact) mass is 450 g/mol. The summed E-state index contributed by atoms with van der Waals surface area (Å²) in [6, 6.07) is 16.6. The molecule has 7 heteroatoms. The molecular formula is C25H30N4O2S. The van der Waals surface area contributed by atoms with Gasteiger partial charge >= 0.3 is 0 Å². The standard InChI is InChI=1S/C25H30N4O2S/c1-2-31-21-10-11-22-23(17-21)32-25(26-22)29-12-6-7-19(18-29)24(30)28-15-13-27(14-16-28)20-8-4-3-5-9-20/h3-5,8-11,17,19H,2,6-7,12-16,18H2,1H3. The second-order valence-electron chi connectivity index (χ2n) is 8.49. The second kappa shape index (κ2) is 9.36. The molecule has 2 fully saturated rings. The van der Waals surface area contributed by atoms with Crippen molar-refractivity contribution in [2.24, 2.45) is 5.92 Å². The van der Waals surface area contributed by atoms with Crippen LogP contribution in [0.1, 0.15) is 19.8 Å². The fraction of sp³-hybridized carbons (Fsp3) is 0.440. The predicted octanol–water partition coefficient (Wildman–Crippen LogP) is 4.26. The summed E-state index contributed by atoms with van der Waals surface area (Å²) in [6.07, 6.45) is 1.99. The van der Waals surface area contributed by atoms with Gasteiger partial charge in [-0.25, -0.2) is 4.98 Å². The summed E-state index contributed by atoms with van der Waals surface area (Å²) in [4.78, 5) is 24.9. The van der Waals surface area contributed by atoms with E-state index in [1.54, 1.807) is 11.3 Å². The van der Waals surface area contributed by atoms with Gasteiger partial charge in [0, 0.05) is 45.0 Å². The lowest BCUT2D eigenvalue weighted by Crippen LogP contribution is -2.52. The highest BCUT2D eigenvalue weighted by molar-refractivity contribution is 7.22. The molecule has 2 aromatic carbocycles. The molecule has 0 N–H and O–H groups in total. The van der Waals surface area contributed by atoms with Gasteiger partial charge in [-0.1, -0.05) is 29.5 Å². The smallest absolute Gasteiger partial charge is 0.227 e. The van der Waals surface area contributed by atoms with Crippen LogP contribution in [0.25, 0.3) is 10.2 Å². The number of aromatic nitrogens is 1. The molecule has 5 rings (SSSR count). The van der Waals surface area contributed by atoms with Crippen molar-refractivity contribution in [2.45, 2.75) is 19.8 Å². The highest BCUT2D eigenvalue weighted by atomic mass is 32.1. The van der Waals surface area contributed by atoms with Crippen molar-refractivity contribution in [2.75, 3.05) is 55.7 Å². The zero-order valence-electron chi connectivity index (χ0n) is 18.6. The number of thiazole rings is 1. The van der Waals surface area contributed by atoms with E-state index in [9.17, 15) is 4.79 Å². The molecule has 3 aromatic rings. The van der Waals surface area contributed by atoms with Crippen molar-refractivity contribution >= 4 is 38.3 Å². The van der Waals surface area contributed by atoms with Gasteiger partial charge in [0.05, 0.1) is 22.7 Å². The quantitative estimate of drug-likeness (QED) is 0.581. The zero-order valence-corrected chi connectivity index (χ0v) is 19.4. The van der Waals surface area contributed by atoms with Gasteiger partial charge in [0.25, 0.3) is 0 Å². The maximum absolute atomic E-state index is 13.3. The molecule has 1 aromatic heterocycles. The van der Waals surface area contributed by atoms with E-state index in [1.165, 1.54) is 5.69 Å². The van der Waals surface area contributed by atoms with E-state index in [0.29, 0.717) is 12.5 Å². The normalized spacial score (nSPS) is 19.4. The van der Waals surface area contributed by atoms with Crippen molar-refractivity contribution in [1.82, 2.24) is 9.88 Å². The largest absolute Gasteiger partial charge is 0.494 e. The fourth-order valence-corrected chi connectivity index (χ4v) is 5.75. The molecule has 168 valence electrons. The highest BCUT2D eigenvalue weighted by Crippen LogP contribution is 2.34. The van der Waals surface area contributed by atoms with Crippen molar-refractivity contribution in [3.8, 4) is 5.75 Å². The summed E-state index contributed by atoms with van der Waals surface area (Å²) in [7, 11) is 0. The third kappa shape index (κ3) is 4.39. The number of carbonyl (C=O) groups is 1. The number of ether oxygens (including phenoxy) is 1. The minimum absolute atomic E-state index is 0.0537. The van der Waals surface area contributed by atoms with E-state index in [1.807, 2.05) is 25.1 Å². The van der Waals surface area contributed by atoms with Crippen LogP contribution in [0.3, 0.4) is 0 Å². The van der Waals surface area contributed by atoms with E-state index in [2.05, 4.69) is 45.0 Å². The van der Waals surface area contributed by atoms with Crippen LogP contribution in [-0.2, 0) is 4.79 Å². The van der Waals surface area contributed by atoms with E-state index in [-0.39, 0.29) is 5.92 Å². The molecule has 2 aliphatic rings. The van der Waals surface area contributed by atoms with E-state index >= 15 is 0 Å². The number of piperidine rings is 1. The van der Waals surface area contributed by atoms with Gasteiger partial charge in [-0.3, -0.25) is 4.79 Å². The average molecular weight is 451 g/mol. The number of piperazine rings is 1. The number of fused-ring (bicyclic) bond motifs is 1. The number of benzene rings is 2. The van der Waals surface area contributed by atoms with Gasteiger partial charge in [0.1, 0.15) is 5.75 Å². The Kier molecular flexibility index (Phi) is 6.17. The molecule has 2 saturated heterocycles. The van der Waals surface area contributed by atoms with Gasteiger partial charge in [-0.05, 0) is 50.1 Å². The number of rotatable bonds is 5. The lowest BCUT2D eigenvalue weighted by atomic mass is 9.96. The molecule has 1 amide bonds. The van der Waals surface area contributed by atoms with Gasteiger partial charge in [0.15, 0.2) is 5.13 Å². The zero-order chi connectivity index (χ0) is 21.9. The highest BCUT2D eigenvalue weighted by Gasteiger charge is 2.32. The number of carbonyl (C=O) groups excluding carboxylic acids is 1. The van der Waals surface area contributed by atoms with Gasteiger partial charge in [-0.15, -0.1) is 0 Å². The van der Waals surface area contributed by atoms with Crippen molar-refractivity contribution in [3.05, 3.63) is 48.5 Å². The first kappa shape index (κ1) is 21.1. The fourth-order valence-electron chi connectivity index (χ4n) is 4.72. The third-order valence-corrected chi connectivity index (χ3v) is 7.49. The van der Waals surface area contributed by atoms with Gasteiger partial charge in [0.2, 0.25) is 5.91 Å². The first-order valence-electron chi connectivity index (χ1n) is 11.6. The second-order valence-corrected chi connectivity index (χ2v) is 9.50. The van der Waals surface area contributed by atoms with Gasteiger partial charge < -0.3 is 19.4 Å². The molecule has 6 nitrogen and oxygen atoms in total. The third-order valence-electron chi connectivity index (χ3n) is 6.41. The van der Waals surface area contributed by atoms with E-state index < -0.39 is 0 Å². The van der Waals surface area contributed by atoms with Crippen molar-refractivity contribution < 1.29 is 9.53 Å². The molecule has 0 radical (unpaired) electrons. The Morgan fingerprint density at radius 3 is 2.66 bits per heavy atom. The maximum atomic E-state index is 13.3. The SMILES string of the molecule is CCOc1ccc2nc(N3CCCC(C(=O)N4CCN(c5ccccc5)CC4)C3)sc2c1. The van der Waals surface area contributed by atoms with Crippen LogP contribution in [0.5, 0.6) is 5.75 Å². The minimum Gasteiger partial charge on any atom is -0.494 e. The molecular weight excluding hydrogens is 420 g/mol. The summed E-state index contributed by atoms with van der Waals surface area (Å²) >= 11 is 1.69. The topological polar surface area (TPSA) is 48.9 Å². The molecule has 0 saturated carbocycles. The molecule has 3 heterocycles. The van der Waals surface area contributed by atoms with Crippen LogP contribution < -0.4 is 14.5 Å². The number of hydrogen-bond acceptors (Lipinski definition) is 6. The minimum atomic E-state index is 0.0537. The number of para-hydroxylation sites is 1. The summed E-state index contributed by atoms with van der Waals surface area (Å²) in [6.45, 7) is 7.76. The number of amides is 1. The van der Waals surface area contributed by atoms with Crippen LogP contribution >= 0.6 is 11.3 Å². The lowest BCUT2D eigenvalue weighted by Gasteiger charge is -2.39. The van der Waals surface area contributed by atoms with E-state index in [0.717, 1.165) is 73.2 Å². The summed E-state index contributed by atoms with van der Waals surface area (Å²) in [5.41, 5.74) is 2.24. The summed E-state index contributed by atoms with van der Waals surface area (Å²) in [5.74, 6) is 1.25. The maximum Gasteiger partial charge on any atom is 0.227 e. The number of hydrogen-bond donors (Lipinski definition) is 0. The summed E-state index contributed by atoms with van der Waals surface area (Å²) in [5, 5.41) is 1.01. The number of anilines is 2. The first-order valence-corrected chi connectivity index (χ1v) is 12.4. The Bertz CT molecular complexity index is 1060. The Morgan fingerprint density at radius 1 is 1.06 bits per heavy atom. The van der Waals surface area contributed by atoms with Crippen LogP contribution in [-0.4, -0.2) is 61.7 Å².